The van der Waals surface area contributed by atoms with Crippen molar-refractivity contribution in [2.24, 2.45) is 0 Å². The molecule has 0 aliphatic rings. The molecule has 0 heterocycles. The molecule has 2 aromatic carbocycles. The highest BCUT2D eigenvalue weighted by Gasteiger charge is 2.15. The third-order valence-electron chi connectivity index (χ3n) is 2.55. The molecule has 2 rings (SSSR count). The molecule has 0 aromatic heterocycles. The van der Waals surface area contributed by atoms with Crippen LogP contribution >= 0.6 is 15.9 Å². The summed E-state index contributed by atoms with van der Waals surface area (Å²) in [4.78, 5) is 21.9. The molecule has 5 nitrogen and oxygen atoms in total. The number of carbonyl (C=O) groups is 1. The van der Waals surface area contributed by atoms with E-state index in [1.165, 1.54) is 24.3 Å². The van der Waals surface area contributed by atoms with Gasteiger partial charge in [0.05, 0.1) is 4.92 Å². The Hall–Kier alpha value is -2.47. The van der Waals surface area contributed by atoms with Gasteiger partial charge < -0.3 is 4.74 Å². The Bertz CT molecular complexity index is 695. The van der Waals surface area contributed by atoms with Crippen LogP contribution in [0.5, 0.6) is 5.75 Å². The average molecular weight is 348 g/mol. The number of hydrogen-bond acceptors (Lipinski definition) is 4. The van der Waals surface area contributed by atoms with Gasteiger partial charge in [-0.2, -0.15) is 0 Å². The predicted octanol–water partition coefficient (Wildman–Crippen LogP) is 3.98. The van der Waals surface area contributed by atoms with Crippen LogP contribution in [-0.4, -0.2) is 10.9 Å². The largest absolute Gasteiger partial charge is 0.416 e. The highest BCUT2D eigenvalue weighted by Crippen LogP contribution is 2.26. The first-order valence-electron chi connectivity index (χ1n) is 5.95. The van der Waals surface area contributed by atoms with E-state index >= 15 is 0 Å². The number of carbonyl (C=O) groups excluding carboxylic acids is 1. The summed E-state index contributed by atoms with van der Waals surface area (Å²) in [6.45, 7) is 0. The van der Waals surface area contributed by atoms with Crippen molar-refractivity contribution < 1.29 is 14.5 Å². The summed E-state index contributed by atoms with van der Waals surface area (Å²) < 4.78 is 5.91. The monoisotopic (exact) mass is 347 g/mol. The molecule has 0 aliphatic heterocycles. The number of nitro groups is 1. The summed E-state index contributed by atoms with van der Waals surface area (Å²) in [5.74, 6) is -0.750. The van der Waals surface area contributed by atoms with Crippen molar-refractivity contribution >= 4 is 33.7 Å². The number of ether oxygens (including phenoxy) is 1. The molecule has 106 valence electrons. The second kappa shape index (κ2) is 6.81. The van der Waals surface area contributed by atoms with E-state index in [0.717, 1.165) is 10.0 Å². The first kappa shape index (κ1) is 14.9. The van der Waals surface area contributed by atoms with Crippen LogP contribution in [0.2, 0.25) is 0 Å². The van der Waals surface area contributed by atoms with Crippen LogP contribution in [0.15, 0.2) is 59.1 Å². The Morgan fingerprint density at radius 3 is 2.48 bits per heavy atom. The van der Waals surface area contributed by atoms with Gasteiger partial charge in [0.1, 0.15) is 0 Å². The van der Waals surface area contributed by atoms with Crippen LogP contribution < -0.4 is 4.74 Å². The van der Waals surface area contributed by atoms with Crippen LogP contribution in [0.1, 0.15) is 5.56 Å². The number of rotatable bonds is 4. The summed E-state index contributed by atoms with van der Waals surface area (Å²) in [5.41, 5.74) is 0.570. The molecule has 0 fully saturated rings. The lowest BCUT2D eigenvalue weighted by Gasteiger charge is -2.01. The SMILES string of the molecule is O=C(/C=C/c1ccc(Br)cc1)Oc1ccccc1[N+](=O)[O-]. The maximum absolute atomic E-state index is 11.7. The summed E-state index contributed by atoms with van der Waals surface area (Å²) in [5, 5.41) is 10.8. The van der Waals surface area contributed by atoms with E-state index in [1.54, 1.807) is 12.1 Å². The van der Waals surface area contributed by atoms with E-state index in [-0.39, 0.29) is 11.4 Å². The number of nitrogens with zero attached hydrogens (tertiary/aromatic N) is 1. The number of halogens is 1. The Morgan fingerprint density at radius 2 is 1.81 bits per heavy atom. The zero-order valence-corrected chi connectivity index (χ0v) is 12.3. The lowest BCUT2D eigenvalue weighted by atomic mass is 10.2. The van der Waals surface area contributed by atoms with E-state index in [2.05, 4.69) is 15.9 Å². The van der Waals surface area contributed by atoms with Gasteiger partial charge in [0.2, 0.25) is 5.75 Å². The van der Waals surface area contributed by atoms with E-state index in [4.69, 9.17) is 4.74 Å². The Balaban J connectivity index is 2.08. The minimum atomic E-state index is -0.674. The molecule has 6 heteroatoms. The first-order chi connectivity index (χ1) is 10.1. The molecule has 21 heavy (non-hydrogen) atoms. The maximum Gasteiger partial charge on any atom is 0.336 e. The normalized spacial score (nSPS) is 10.5. The van der Waals surface area contributed by atoms with Gasteiger partial charge in [-0.3, -0.25) is 10.1 Å². The lowest BCUT2D eigenvalue weighted by molar-refractivity contribution is -0.385. The minimum Gasteiger partial charge on any atom is -0.416 e. The fraction of sp³-hybridized carbons (Fsp3) is 0. The summed E-state index contributed by atoms with van der Waals surface area (Å²) in [6, 6.07) is 13.0. The van der Waals surface area contributed by atoms with Gasteiger partial charge in [-0.1, -0.05) is 40.2 Å². The molecule has 0 saturated heterocycles. The van der Waals surface area contributed by atoms with E-state index < -0.39 is 10.9 Å². The number of benzene rings is 2. The number of nitro benzene ring substituents is 1. The molecule has 0 spiro atoms. The van der Waals surface area contributed by atoms with Crippen LogP contribution in [0, 0.1) is 10.1 Å². The van der Waals surface area contributed by atoms with Gasteiger partial charge in [0.15, 0.2) is 0 Å². The van der Waals surface area contributed by atoms with Gasteiger partial charge in [0, 0.05) is 16.6 Å². The van der Waals surface area contributed by atoms with E-state index in [0.29, 0.717) is 0 Å². The third-order valence-corrected chi connectivity index (χ3v) is 3.08. The van der Waals surface area contributed by atoms with Crippen LogP contribution in [-0.2, 0) is 4.79 Å². The van der Waals surface area contributed by atoms with Gasteiger partial charge >= 0.3 is 11.7 Å². The van der Waals surface area contributed by atoms with Gasteiger partial charge in [0.25, 0.3) is 0 Å². The first-order valence-corrected chi connectivity index (χ1v) is 6.74. The Labute approximate surface area is 129 Å². The lowest BCUT2D eigenvalue weighted by Crippen LogP contribution is -2.05. The van der Waals surface area contributed by atoms with Crippen LogP contribution in [0.4, 0.5) is 5.69 Å². The fourth-order valence-corrected chi connectivity index (χ4v) is 1.84. The average Bonchev–Trinajstić information content (AvgIpc) is 2.47. The number of esters is 1. The van der Waals surface area contributed by atoms with Crippen molar-refractivity contribution in [2.45, 2.75) is 0 Å². The second-order valence-electron chi connectivity index (χ2n) is 4.03. The van der Waals surface area contributed by atoms with Crippen molar-refractivity contribution in [1.82, 2.24) is 0 Å². The molecule has 0 amide bonds. The van der Waals surface area contributed by atoms with Gasteiger partial charge in [-0.05, 0) is 29.8 Å². The van der Waals surface area contributed by atoms with Crippen molar-refractivity contribution in [1.29, 1.82) is 0 Å². The van der Waals surface area contributed by atoms with E-state index in [9.17, 15) is 14.9 Å². The molecule has 2 aromatic rings. The molecular formula is C15H10BrNO4. The molecule has 0 saturated carbocycles. The van der Waals surface area contributed by atoms with E-state index in [1.807, 2.05) is 24.3 Å². The molecule has 0 atom stereocenters. The summed E-state index contributed by atoms with van der Waals surface area (Å²) in [6.07, 6.45) is 2.80. The molecule has 0 N–H and O–H groups in total. The van der Waals surface area contributed by atoms with Crippen molar-refractivity contribution in [3.63, 3.8) is 0 Å². The third kappa shape index (κ3) is 4.25. The van der Waals surface area contributed by atoms with Crippen LogP contribution in [0.3, 0.4) is 0 Å². The Morgan fingerprint density at radius 1 is 1.14 bits per heavy atom. The molecule has 0 radical (unpaired) electrons. The summed E-state index contributed by atoms with van der Waals surface area (Å²) in [7, 11) is 0. The van der Waals surface area contributed by atoms with Crippen LogP contribution in [0.25, 0.3) is 6.08 Å². The summed E-state index contributed by atoms with van der Waals surface area (Å²) >= 11 is 3.31. The van der Waals surface area contributed by atoms with Crippen molar-refractivity contribution in [3.05, 3.63) is 74.8 Å². The molecule has 0 unspecified atom stereocenters. The topological polar surface area (TPSA) is 69.4 Å². The minimum absolute atomic E-state index is 0.0760. The maximum atomic E-state index is 11.7. The standard InChI is InChI=1S/C15H10BrNO4/c16-12-8-5-11(6-9-12)7-10-15(18)21-14-4-2-1-3-13(14)17(19)20/h1-10H/b10-7+. The zero-order chi connectivity index (χ0) is 15.2. The van der Waals surface area contributed by atoms with Gasteiger partial charge in [-0.25, -0.2) is 4.79 Å². The van der Waals surface area contributed by atoms with Crippen molar-refractivity contribution in [2.75, 3.05) is 0 Å². The van der Waals surface area contributed by atoms with Gasteiger partial charge in [-0.15, -0.1) is 0 Å². The highest BCUT2D eigenvalue weighted by molar-refractivity contribution is 9.10. The number of hydrogen-bond donors (Lipinski definition) is 0. The van der Waals surface area contributed by atoms with Crippen molar-refractivity contribution in [3.8, 4) is 5.75 Å². The Kier molecular flexibility index (Phi) is 4.84. The molecule has 0 aliphatic carbocycles. The second-order valence-corrected chi connectivity index (χ2v) is 4.95. The zero-order valence-electron chi connectivity index (χ0n) is 10.7. The predicted molar refractivity (Wildman–Crippen MR) is 81.9 cm³/mol. The quantitative estimate of drug-likeness (QED) is 0.276. The smallest absolute Gasteiger partial charge is 0.336 e. The fourth-order valence-electron chi connectivity index (χ4n) is 1.57. The number of para-hydroxylation sites is 2. The molecular weight excluding hydrogens is 338 g/mol. The molecule has 0 bridgehead atoms. The highest BCUT2D eigenvalue weighted by atomic mass is 79.9.